The molecule has 4 aliphatic carbocycles. The van der Waals surface area contributed by atoms with E-state index in [0.29, 0.717) is 6.54 Å². The number of anilines is 1. The predicted molar refractivity (Wildman–Crippen MR) is 96.5 cm³/mol. The Bertz CT molecular complexity index is 631. The molecule has 4 saturated carbocycles. The zero-order valence-corrected chi connectivity index (χ0v) is 14.4. The number of aryl methyl sites for hydroxylation is 1. The molecule has 4 fully saturated rings. The summed E-state index contributed by atoms with van der Waals surface area (Å²) in [6, 6.07) is 6.21. The van der Waals surface area contributed by atoms with Crippen LogP contribution in [0.1, 0.15) is 60.9 Å². The minimum Gasteiger partial charge on any atom is -0.385 e. The van der Waals surface area contributed by atoms with Crippen LogP contribution in [0.15, 0.2) is 18.2 Å². The molecule has 1 aromatic carbocycles. The lowest BCUT2D eigenvalue weighted by Crippen LogP contribution is -2.59. The van der Waals surface area contributed by atoms with Gasteiger partial charge in [0, 0.05) is 23.3 Å². The van der Waals surface area contributed by atoms with E-state index < -0.39 is 0 Å². The van der Waals surface area contributed by atoms with Gasteiger partial charge in [-0.05, 0) is 92.9 Å². The summed E-state index contributed by atoms with van der Waals surface area (Å²) in [5.41, 5.74) is 3.68. The molecule has 1 aliphatic heterocycles. The van der Waals surface area contributed by atoms with Crippen LogP contribution in [0.3, 0.4) is 0 Å². The lowest BCUT2D eigenvalue weighted by molar-refractivity contribution is -0.0186. The van der Waals surface area contributed by atoms with Crippen molar-refractivity contribution in [2.75, 3.05) is 18.4 Å². The quantitative estimate of drug-likeness (QED) is 0.828. The molecular formula is C21H28N2O. The van der Waals surface area contributed by atoms with Crippen molar-refractivity contribution in [1.29, 1.82) is 0 Å². The molecule has 1 aromatic rings. The minimum atomic E-state index is 0.263. The van der Waals surface area contributed by atoms with E-state index in [1.807, 2.05) is 6.07 Å². The summed E-state index contributed by atoms with van der Waals surface area (Å²) in [7, 11) is 0. The normalized spacial score (nSPS) is 36.2. The third kappa shape index (κ3) is 2.57. The van der Waals surface area contributed by atoms with E-state index in [1.54, 1.807) is 0 Å². The Morgan fingerprint density at radius 1 is 1.12 bits per heavy atom. The smallest absolute Gasteiger partial charge is 0.176 e. The Balaban J connectivity index is 1.28. The van der Waals surface area contributed by atoms with Gasteiger partial charge in [-0.1, -0.05) is 0 Å². The monoisotopic (exact) mass is 324 g/mol. The number of Topliss-reactive ketones (excluding diaryl/α,β-unsaturated/α-hetero) is 1. The number of rotatable bonds is 4. The highest BCUT2D eigenvalue weighted by atomic mass is 16.1. The van der Waals surface area contributed by atoms with Gasteiger partial charge in [-0.25, -0.2) is 0 Å². The first-order valence-electron chi connectivity index (χ1n) is 9.84. The van der Waals surface area contributed by atoms with Crippen LogP contribution >= 0.6 is 0 Å². The molecule has 0 unspecified atom stereocenters. The SMILES string of the molecule is O=C(CNC12CC3CC(CC(C3)C1)C2)c1ccc2c(c1)CCCN2. The van der Waals surface area contributed by atoms with E-state index in [-0.39, 0.29) is 11.3 Å². The molecule has 1 heterocycles. The first kappa shape index (κ1) is 14.9. The number of hydrogen-bond donors (Lipinski definition) is 2. The molecule has 4 bridgehead atoms. The zero-order valence-electron chi connectivity index (χ0n) is 14.4. The second-order valence-electron chi connectivity index (χ2n) is 8.88. The van der Waals surface area contributed by atoms with Gasteiger partial charge in [-0.15, -0.1) is 0 Å². The van der Waals surface area contributed by atoms with Crippen molar-refractivity contribution in [3.63, 3.8) is 0 Å². The highest BCUT2D eigenvalue weighted by Gasteiger charge is 2.50. The Labute approximate surface area is 144 Å². The minimum absolute atomic E-state index is 0.263. The third-order valence-corrected chi connectivity index (χ3v) is 7.03. The van der Waals surface area contributed by atoms with Crippen LogP contribution < -0.4 is 10.6 Å². The van der Waals surface area contributed by atoms with Crippen molar-refractivity contribution < 1.29 is 4.79 Å². The summed E-state index contributed by atoms with van der Waals surface area (Å²) in [5, 5.41) is 7.16. The molecule has 3 nitrogen and oxygen atoms in total. The number of carbonyl (C=O) groups excluding carboxylic acids is 1. The van der Waals surface area contributed by atoms with Crippen LogP contribution in [0.5, 0.6) is 0 Å². The number of hydrogen-bond acceptors (Lipinski definition) is 3. The Kier molecular flexibility index (Phi) is 3.48. The van der Waals surface area contributed by atoms with Gasteiger partial charge in [-0.3, -0.25) is 4.79 Å². The molecular weight excluding hydrogens is 296 g/mol. The van der Waals surface area contributed by atoms with Crippen molar-refractivity contribution in [1.82, 2.24) is 5.32 Å². The van der Waals surface area contributed by atoms with Gasteiger partial charge >= 0.3 is 0 Å². The summed E-state index contributed by atoms with van der Waals surface area (Å²) >= 11 is 0. The maximum Gasteiger partial charge on any atom is 0.176 e. The molecule has 0 saturated heterocycles. The Morgan fingerprint density at radius 2 is 1.83 bits per heavy atom. The van der Waals surface area contributed by atoms with Crippen molar-refractivity contribution in [2.24, 2.45) is 17.8 Å². The number of nitrogens with one attached hydrogen (secondary N) is 2. The van der Waals surface area contributed by atoms with Crippen LogP contribution in [0.4, 0.5) is 5.69 Å². The van der Waals surface area contributed by atoms with Gasteiger partial charge in [-0.2, -0.15) is 0 Å². The summed E-state index contributed by atoms with van der Waals surface area (Å²) in [5.74, 6) is 3.04. The first-order valence-corrected chi connectivity index (χ1v) is 9.84. The van der Waals surface area contributed by atoms with E-state index in [4.69, 9.17) is 0 Å². The molecule has 2 N–H and O–H groups in total. The van der Waals surface area contributed by atoms with Gasteiger partial charge in [0.25, 0.3) is 0 Å². The van der Waals surface area contributed by atoms with Gasteiger partial charge < -0.3 is 10.6 Å². The molecule has 0 radical (unpaired) electrons. The first-order chi connectivity index (χ1) is 11.7. The van der Waals surface area contributed by atoms with Gasteiger partial charge in [0.1, 0.15) is 0 Å². The highest BCUT2D eigenvalue weighted by molar-refractivity contribution is 5.98. The maximum absolute atomic E-state index is 12.7. The second-order valence-corrected chi connectivity index (χ2v) is 8.88. The number of carbonyl (C=O) groups is 1. The van der Waals surface area contributed by atoms with Gasteiger partial charge in [0.2, 0.25) is 0 Å². The summed E-state index contributed by atoms with van der Waals surface area (Å²) in [4.78, 5) is 12.7. The molecule has 128 valence electrons. The zero-order chi connectivity index (χ0) is 16.1. The molecule has 0 atom stereocenters. The lowest BCUT2D eigenvalue weighted by Gasteiger charge is -2.57. The van der Waals surface area contributed by atoms with Crippen molar-refractivity contribution in [3.05, 3.63) is 29.3 Å². The van der Waals surface area contributed by atoms with Crippen molar-refractivity contribution >= 4 is 11.5 Å². The molecule has 0 aromatic heterocycles. The summed E-state index contributed by atoms with van der Waals surface area (Å²) in [6.45, 7) is 1.56. The van der Waals surface area contributed by atoms with E-state index in [2.05, 4.69) is 22.8 Å². The predicted octanol–water partition coefficient (Wildman–Crippen LogP) is 3.79. The maximum atomic E-state index is 12.7. The Morgan fingerprint density at radius 3 is 2.54 bits per heavy atom. The number of benzene rings is 1. The largest absolute Gasteiger partial charge is 0.385 e. The van der Waals surface area contributed by atoms with E-state index in [1.165, 1.54) is 49.8 Å². The van der Waals surface area contributed by atoms with Crippen LogP contribution in [0, 0.1) is 17.8 Å². The van der Waals surface area contributed by atoms with E-state index in [9.17, 15) is 4.79 Å². The number of ketones is 1. The van der Waals surface area contributed by atoms with Crippen LogP contribution in [0.2, 0.25) is 0 Å². The van der Waals surface area contributed by atoms with Crippen LogP contribution in [-0.2, 0) is 6.42 Å². The van der Waals surface area contributed by atoms with E-state index in [0.717, 1.165) is 42.7 Å². The van der Waals surface area contributed by atoms with Gasteiger partial charge in [0.05, 0.1) is 6.54 Å². The standard InChI is InChI=1S/C21H28N2O/c24-20(18-3-4-19-17(9-18)2-1-5-22-19)13-23-21-10-14-6-15(11-21)8-16(7-14)12-21/h3-4,9,14-16,22-23H,1-2,5-8,10-13H2. The third-order valence-electron chi connectivity index (χ3n) is 7.03. The molecule has 0 spiro atoms. The van der Waals surface area contributed by atoms with E-state index >= 15 is 0 Å². The fourth-order valence-corrected chi connectivity index (χ4v) is 6.35. The van der Waals surface area contributed by atoms with Gasteiger partial charge in [0.15, 0.2) is 5.78 Å². The molecule has 24 heavy (non-hydrogen) atoms. The van der Waals surface area contributed by atoms with Crippen LogP contribution in [0.25, 0.3) is 0 Å². The molecule has 5 aliphatic rings. The fraction of sp³-hybridized carbons (Fsp3) is 0.667. The average Bonchev–Trinajstić information content (AvgIpc) is 2.58. The number of fused-ring (bicyclic) bond motifs is 1. The summed E-state index contributed by atoms with van der Waals surface area (Å²) in [6.07, 6.45) is 10.5. The summed E-state index contributed by atoms with van der Waals surface area (Å²) < 4.78 is 0. The molecule has 0 amide bonds. The lowest BCUT2D eigenvalue weighted by atomic mass is 9.53. The van der Waals surface area contributed by atoms with Crippen molar-refractivity contribution in [2.45, 2.75) is 56.9 Å². The van der Waals surface area contributed by atoms with Crippen molar-refractivity contribution in [3.8, 4) is 0 Å². The topological polar surface area (TPSA) is 41.1 Å². The Hall–Kier alpha value is -1.35. The average molecular weight is 324 g/mol. The molecule has 6 rings (SSSR count). The second kappa shape index (κ2) is 5.59. The molecule has 3 heteroatoms. The van der Waals surface area contributed by atoms with Crippen LogP contribution in [-0.4, -0.2) is 24.4 Å². The fourth-order valence-electron chi connectivity index (χ4n) is 6.35. The highest BCUT2D eigenvalue weighted by Crippen LogP contribution is 2.55.